The third-order valence-electron chi connectivity index (χ3n) is 2.76. The van der Waals surface area contributed by atoms with E-state index < -0.39 is 5.54 Å². The SMILES string of the molecule is CCCNC(C)(COc1ccccc1)C(=O)OCC. The first-order chi connectivity index (χ1) is 9.12. The third-order valence-corrected chi connectivity index (χ3v) is 2.76. The molecule has 0 saturated carbocycles. The van der Waals surface area contributed by atoms with Crippen molar-refractivity contribution in [3.63, 3.8) is 0 Å². The number of carbonyl (C=O) groups is 1. The molecule has 0 spiro atoms. The zero-order valence-electron chi connectivity index (χ0n) is 11.9. The molecule has 0 heterocycles. The molecule has 4 heteroatoms. The van der Waals surface area contributed by atoms with Gasteiger partial charge in [0.05, 0.1) is 6.61 Å². The Hall–Kier alpha value is -1.55. The fourth-order valence-corrected chi connectivity index (χ4v) is 1.62. The van der Waals surface area contributed by atoms with Gasteiger partial charge >= 0.3 is 5.97 Å². The summed E-state index contributed by atoms with van der Waals surface area (Å²) in [6.07, 6.45) is 0.945. The molecule has 0 aliphatic carbocycles. The van der Waals surface area contributed by atoms with Crippen molar-refractivity contribution in [3.8, 4) is 5.75 Å². The van der Waals surface area contributed by atoms with E-state index in [9.17, 15) is 4.79 Å². The maximum atomic E-state index is 12.0. The zero-order valence-corrected chi connectivity index (χ0v) is 11.9. The number of nitrogens with one attached hydrogen (secondary N) is 1. The van der Waals surface area contributed by atoms with E-state index in [0.717, 1.165) is 18.7 Å². The molecule has 106 valence electrons. The molecule has 0 aromatic heterocycles. The zero-order chi connectivity index (χ0) is 14.1. The highest BCUT2D eigenvalue weighted by Gasteiger charge is 2.35. The molecule has 0 aliphatic heterocycles. The highest BCUT2D eigenvalue weighted by atomic mass is 16.5. The molecule has 1 unspecified atom stereocenters. The maximum Gasteiger partial charge on any atom is 0.329 e. The average Bonchev–Trinajstić information content (AvgIpc) is 2.44. The smallest absolute Gasteiger partial charge is 0.329 e. The second-order valence-corrected chi connectivity index (χ2v) is 4.58. The second kappa shape index (κ2) is 7.79. The fraction of sp³-hybridized carbons (Fsp3) is 0.533. The minimum absolute atomic E-state index is 0.246. The van der Waals surface area contributed by atoms with E-state index >= 15 is 0 Å². The second-order valence-electron chi connectivity index (χ2n) is 4.58. The Bertz CT molecular complexity index is 380. The highest BCUT2D eigenvalue weighted by Crippen LogP contribution is 2.13. The van der Waals surface area contributed by atoms with E-state index in [1.807, 2.05) is 37.3 Å². The summed E-state index contributed by atoms with van der Waals surface area (Å²) in [6.45, 7) is 7.02. The van der Waals surface area contributed by atoms with Gasteiger partial charge in [-0.25, -0.2) is 4.79 Å². The molecule has 19 heavy (non-hydrogen) atoms. The van der Waals surface area contributed by atoms with Gasteiger partial charge in [-0.2, -0.15) is 0 Å². The monoisotopic (exact) mass is 265 g/mol. The average molecular weight is 265 g/mol. The Labute approximate surface area is 115 Å². The number of rotatable bonds is 8. The van der Waals surface area contributed by atoms with Crippen molar-refractivity contribution in [2.45, 2.75) is 32.7 Å². The van der Waals surface area contributed by atoms with Gasteiger partial charge in [0, 0.05) is 0 Å². The van der Waals surface area contributed by atoms with Crippen LogP contribution in [0.4, 0.5) is 0 Å². The van der Waals surface area contributed by atoms with E-state index in [-0.39, 0.29) is 12.6 Å². The molecule has 1 aromatic carbocycles. The van der Waals surface area contributed by atoms with Gasteiger partial charge in [-0.15, -0.1) is 0 Å². The summed E-state index contributed by atoms with van der Waals surface area (Å²) in [5.41, 5.74) is -0.818. The molecule has 1 atom stereocenters. The summed E-state index contributed by atoms with van der Waals surface area (Å²) >= 11 is 0. The van der Waals surface area contributed by atoms with Crippen LogP contribution in [0.5, 0.6) is 5.75 Å². The first-order valence-corrected chi connectivity index (χ1v) is 6.72. The van der Waals surface area contributed by atoms with E-state index in [1.165, 1.54) is 0 Å². The number of carbonyl (C=O) groups excluding carboxylic acids is 1. The van der Waals surface area contributed by atoms with Crippen molar-refractivity contribution in [1.82, 2.24) is 5.32 Å². The Kier molecular flexibility index (Phi) is 6.36. The Morgan fingerprint density at radius 1 is 1.26 bits per heavy atom. The summed E-state index contributed by atoms with van der Waals surface area (Å²) in [5.74, 6) is 0.468. The van der Waals surface area contributed by atoms with Gasteiger partial charge in [0.25, 0.3) is 0 Å². The van der Waals surface area contributed by atoms with Crippen molar-refractivity contribution in [2.75, 3.05) is 19.8 Å². The predicted molar refractivity (Wildman–Crippen MR) is 75.3 cm³/mol. The fourth-order valence-electron chi connectivity index (χ4n) is 1.62. The summed E-state index contributed by atoms with van der Waals surface area (Å²) < 4.78 is 10.8. The number of hydrogen-bond acceptors (Lipinski definition) is 4. The van der Waals surface area contributed by atoms with Crippen LogP contribution < -0.4 is 10.1 Å². The minimum atomic E-state index is -0.818. The van der Waals surface area contributed by atoms with Crippen LogP contribution in [-0.2, 0) is 9.53 Å². The van der Waals surface area contributed by atoms with Crippen LogP contribution in [0.1, 0.15) is 27.2 Å². The number of para-hydroxylation sites is 1. The summed E-state index contributed by atoms with van der Waals surface area (Å²) in [5, 5.41) is 3.20. The van der Waals surface area contributed by atoms with Gasteiger partial charge in [-0.05, 0) is 38.9 Å². The number of ether oxygens (including phenoxy) is 2. The summed E-state index contributed by atoms with van der Waals surface area (Å²) in [7, 11) is 0. The molecule has 0 bridgehead atoms. The van der Waals surface area contributed by atoms with E-state index in [2.05, 4.69) is 12.2 Å². The lowest BCUT2D eigenvalue weighted by molar-refractivity contribution is -0.151. The first kappa shape index (κ1) is 15.5. The van der Waals surface area contributed by atoms with Crippen LogP contribution in [-0.4, -0.2) is 31.3 Å². The quantitative estimate of drug-likeness (QED) is 0.733. The first-order valence-electron chi connectivity index (χ1n) is 6.72. The molecular weight excluding hydrogens is 242 g/mol. The Balaban J connectivity index is 2.65. The summed E-state index contributed by atoms with van der Waals surface area (Å²) in [6, 6.07) is 9.45. The summed E-state index contributed by atoms with van der Waals surface area (Å²) in [4.78, 5) is 12.0. The van der Waals surface area contributed by atoms with Crippen LogP contribution in [0.25, 0.3) is 0 Å². The molecule has 0 fully saturated rings. The predicted octanol–water partition coefficient (Wildman–Crippen LogP) is 2.39. The molecule has 4 nitrogen and oxygen atoms in total. The van der Waals surface area contributed by atoms with Crippen LogP contribution >= 0.6 is 0 Å². The van der Waals surface area contributed by atoms with E-state index in [4.69, 9.17) is 9.47 Å². The van der Waals surface area contributed by atoms with Crippen LogP contribution in [0.2, 0.25) is 0 Å². The molecule has 0 amide bonds. The third kappa shape index (κ3) is 4.91. The standard InChI is InChI=1S/C15H23NO3/c1-4-11-16-15(3,14(17)18-5-2)12-19-13-9-7-6-8-10-13/h6-10,16H,4-5,11-12H2,1-3H3. The lowest BCUT2D eigenvalue weighted by atomic mass is 10.0. The maximum absolute atomic E-state index is 12.0. The molecule has 1 N–H and O–H groups in total. The van der Waals surface area contributed by atoms with E-state index in [1.54, 1.807) is 6.92 Å². The minimum Gasteiger partial charge on any atom is -0.491 e. The molecule has 0 aliphatic rings. The van der Waals surface area contributed by atoms with Crippen molar-refractivity contribution >= 4 is 5.97 Å². The van der Waals surface area contributed by atoms with Crippen LogP contribution in [0, 0.1) is 0 Å². The molecule has 0 radical (unpaired) electrons. The number of esters is 1. The largest absolute Gasteiger partial charge is 0.491 e. The normalized spacial score (nSPS) is 13.6. The lowest BCUT2D eigenvalue weighted by Crippen LogP contribution is -2.55. The topological polar surface area (TPSA) is 47.6 Å². The van der Waals surface area contributed by atoms with Crippen LogP contribution in [0.3, 0.4) is 0 Å². The molecule has 0 saturated heterocycles. The Morgan fingerprint density at radius 2 is 1.95 bits per heavy atom. The van der Waals surface area contributed by atoms with Gasteiger partial charge < -0.3 is 9.47 Å². The van der Waals surface area contributed by atoms with Crippen molar-refractivity contribution in [2.24, 2.45) is 0 Å². The molecule has 1 aromatic rings. The van der Waals surface area contributed by atoms with Gasteiger partial charge in [0.15, 0.2) is 0 Å². The van der Waals surface area contributed by atoms with E-state index in [0.29, 0.717) is 6.61 Å². The highest BCUT2D eigenvalue weighted by molar-refractivity contribution is 5.80. The lowest BCUT2D eigenvalue weighted by Gasteiger charge is -2.28. The van der Waals surface area contributed by atoms with Crippen molar-refractivity contribution in [3.05, 3.63) is 30.3 Å². The van der Waals surface area contributed by atoms with Gasteiger partial charge in [0.1, 0.15) is 17.9 Å². The number of hydrogen-bond donors (Lipinski definition) is 1. The Morgan fingerprint density at radius 3 is 2.53 bits per heavy atom. The van der Waals surface area contributed by atoms with Gasteiger partial charge in [-0.3, -0.25) is 5.32 Å². The van der Waals surface area contributed by atoms with Crippen LogP contribution in [0.15, 0.2) is 30.3 Å². The van der Waals surface area contributed by atoms with Gasteiger partial charge in [-0.1, -0.05) is 25.1 Å². The van der Waals surface area contributed by atoms with Crippen molar-refractivity contribution in [1.29, 1.82) is 0 Å². The number of benzene rings is 1. The molecule has 1 rings (SSSR count). The van der Waals surface area contributed by atoms with Crippen molar-refractivity contribution < 1.29 is 14.3 Å². The molecular formula is C15H23NO3. The van der Waals surface area contributed by atoms with Gasteiger partial charge in [0.2, 0.25) is 0 Å².